The van der Waals surface area contributed by atoms with Crippen molar-refractivity contribution in [2.75, 3.05) is 11.9 Å². The van der Waals surface area contributed by atoms with Crippen LogP contribution in [0.15, 0.2) is 41.0 Å². The van der Waals surface area contributed by atoms with Gasteiger partial charge in [-0.25, -0.2) is 0 Å². The number of hydrogen-bond acceptors (Lipinski definition) is 7. The van der Waals surface area contributed by atoms with Crippen LogP contribution >= 0.6 is 0 Å². The summed E-state index contributed by atoms with van der Waals surface area (Å²) >= 11 is 0. The van der Waals surface area contributed by atoms with Crippen LogP contribution < -0.4 is 15.4 Å². The second-order valence-electron chi connectivity index (χ2n) is 5.47. The van der Waals surface area contributed by atoms with E-state index in [0.29, 0.717) is 18.1 Å². The predicted octanol–water partition coefficient (Wildman–Crippen LogP) is 2.16. The molecule has 0 radical (unpaired) electrons. The molecule has 2 aromatic rings. The number of anilines is 1. The largest absolute Gasteiger partial charge is 0.494 e. The Morgan fingerprint density at radius 2 is 2.15 bits per heavy atom. The van der Waals surface area contributed by atoms with Gasteiger partial charge < -0.3 is 19.6 Å². The SMILES string of the molecule is CCOc1ccc(NC(=O)C[C@@H](NCc2ccco2)C(=O)O)c([N+](=O)[O-])c1. The zero-order valence-corrected chi connectivity index (χ0v) is 14.5. The second-order valence-corrected chi connectivity index (χ2v) is 5.47. The molecule has 1 atom stereocenters. The molecule has 27 heavy (non-hydrogen) atoms. The number of nitro benzene ring substituents is 1. The van der Waals surface area contributed by atoms with Crippen LogP contribution in [0.1, 0.15) is 19.1 Å². The van der Waals surface area contributed by atoms with E-state index in [4.69, 9.17) is 9.15 Å². The minimum atomic E-state index is -1.22. The lowest BCUT2D eigenvalue weighted by Crippen LogP contribution is -2.39. The Bertz CT molecular complexity index is 805. The van der Waals surface area contributed by atoms with Crippen molar-refractivity contribution in [2.24, 2.45) is 0 Å². The van der Waals surface area contributed by atoms with Crippen molar-refractivity contribution in [3.8, 4) is 5.75 Å². The van der Waals surface area contributed by atoms with Crippen LogP contribution in [-0.2, 0) is 16.1 Å². The number of carbonyl (C=O) groups excluding carboxylic acids is 1. The molecule has 10 nitrogen and oxygen atoms in total. The molecule has 0 spiro atoms. The Labute approximate surface area is 154 Å². The van der Waals surface area contributed by atoms with Crippen LogP contribution in [0.2, 0.25) is 0 Å². The molecule has 0 saturated carbocycles. The maximum absolute atomic E-state index is 12.2. The van der Waals surface area contributed by atoms with Gasteiger partial charge in [-0.2, -0.15) is 0 Å². The summed E-state index contributed by atoms with van der Waals surface area (Å²) < 4.78 is 10.3. The summed E-state index contributed by atoms with van der Waals surface area (Å²) in [6, 6.07) is 6.16. The second kappa shape index (κ2) is 9.34. The maximum Gasteiger partial charge on any atom is 0.321 e. The van der Waals surface area contributed by atoms with Gasteiger partial charge in [-0.1, -0.05) is 0 Å². The summed E-state index contributed by atoms with van der Waals surface area (Å²) in [5, 5.41) is 25.5. The number of rotatable bonds is 10. The highest BCUT2D eigenvalue weighted by atomic mass is 16.6. The molecular weight excluding hydrogens is 358 g/mol. The molecule has 0 bridgehead atoms. The normalized spacial score (nSPS) is 11.6. The fraction of sp³-hybridized carbons (Fsp3) is 0.294. The van der Waals surface area contributed by atoms with E-state index in [1.807, 2.05) is 0 Å². The Kier molecular flexibility index (Phi) is 6.89. The van der Waals surface area contributed by atoms with Crippen LogP contribution in [0.25, 0.3) is 0 Å². The summed E-state index contributed by atoms with van der Waals surface area (Å²) in [6.07, 6.45) is 1.03. The summed E-state index contributed by atoms with van der Waals surface area (Å²) in [4.78, 5) is 34.1. The van der Waals surface area contributed by atoms with Gasteiger partial charge in [0.1, 0.15) is 23.2 Å². The first-order chi connectivity index (χ1) is 12.9. The van der Waals surface area contributed by atoms with E-state index in [-0.39, 0.29) is 17.9 Å². The van der Waals surface area contributed by atoms with E-state index in [0.717, 1.165) is 0 Å². The van der Waals surface area contributed by atoms with E-state index >= 15 is 0 Å². The summed E-state index contributed by atoms with van der Waals surface area (Å²) in [6.45, 7) is 2.20. The smallest absolute Gasteiger partial charge is 0.321 e. The van der Waals surface area contributed by atoms with Crippen LogP contribution in [0.3, 0.4) is 0 Å². The Morgan fingerprint density at radius 1 is 1.37 bits per heavy atom. The molecule has 10 heteroatoms. The fourth-order valence-electron chi connectivity index (χ4n) is 2.30. The van der Waals surface area contributed by atoms with E-state index in [2.05, 4.69) is 10.6 Å². The molecule has 2 rings (SSSR count). The average molecular weight is 377 g/mol. The summed E-state index contributed by atoms with van der Waals surface area (Å²) in [5.41, 5.74) is -0.381. The topological polar surface area (TPSA) is 144 Å². The van der Waals surface area contributed by atoms with Gasteiger partial charge in [0.25, 0.3) is 5.69 Å². The molecule has 0 aliphatic heterocycles. The quantitative estimate of drug-likeness (QED) is 0.422. The highest BCUT2D eigenvalue weighted by Crippen LogP contribution is 2.29. The van der Waals surface area contributed by atoms with Crippen molar-refractivity contribution in [3.05, 3.63) is 52.5 Å². The van der Waals surface area contributed by atoms with Crippen molar-refractivity contribution in [1.82, 2.24) is 5.32 Å². The number of benzene rings is 1. The van der Waals surface area contributed by atoms with Crippen LogP contribution in [-0.4, -0.2) is 34.6 Å². The maximum atomic E-state index is 12.2. The lowest BCUT2D eigenvalue weighted by Gasteiger charge is -2.14. The van der Waals surface area contributed by atoms with Gasteiger partial charge in [-0.05, 0) is 31.2 Å². The standard InChI is InChI=1S/C17H19N3O7/c1-2-26-11-5-6-13(15(8-11)20(24)25)19-16(21)9-14(17(22)23)18-10-12-4-3-7-27-12/h3-8,14,18H,2,9-10H2,1H3,(H,19,21)(H,22,23)/t14-/m1/s1. The van der Waals surface area contributed by atoms with E-state index < -0.39 is 29.3 Å². The zero-order chi connectivity index (χ0) is 19.8. The van der Waals surface area contributed by atoms with Crippen molar-refractivity contribution < 1.29 is 28.8 Å². The number of nitro groups is 1. The van der Waals surface area contributed by atoms with E-state index in [1.54, 1.807) is 19.1 Å². The number of furan rings is 1. The van der Waals surface area contributed by atoms with Crippen molar-refractivity contribution in [2.45, 2.75) is 25.9 Å². The molecule has 1 aromatic heterocycles. The number of nitrogens with zero attached hydrogens (tertiary/aromatic N) is 1. The van der Waals surface area contributed by atoms with Crippen molar-refractivity contribution in [3.63, 3.8) is 0 Å². The first-order valence-electron chi connectivity index (χ1n) is 8.10. The Hall–Kier alpha value is -3.40. The fourth-order valence-corrected chi connectivity index (χ4v) is 2.30. The molecule has 144 valence electrons. The molecule has 0 fully saturated rings. The zero-order valence-electron chi connectivity index (χ0n) is 14.5. The average Bonchev–Trinajstić information content (AvgIpc) is 3.13. The van der Waals surface area contributed by atoms with E-state index in [9.17, 15) is 24.8 Å². The van der Waals surface area contributed by atoms with Crippen molar-refractivity contribution in [1.29, 1.82) is 0 Å². The molecule has 0 aliphatic carbocycles. The van der Waals surface area contributed by atoms with Crippen LogP contribution in [0.5, 0.6) is 5.75 Å². The molecule has 0 unspecified atom stereocenters. The van der Waals surface area contributed by atoms with Crippen LogP contribution in [0.4, 0.5) is 11.4 Å². The lowest BCUT2D eigenvalue weighted by atomic mass is 10.2. The Balaban J connectivity index is 2.03. The van der Waals surface area contributed by atoms with Crippen LogP contribution in [0, 0.1) is 10.1 Å². The number of aliphatic carboxylic acids is 1. The van der Waals surface area contributed by atoms with Gasteiger partial charge in [-0.15, -0.1) is 0 Å². The molecule has 1 amide bonds. The van der Waals surface area contributed by atoms with Crippen molar-refractivity contribution >= 4 is 23.3 Å². The van der Waals surface area contributed by atoms with E-state index in [1.165, 1.54) is 24.5 Å². The minimum absolute atomic E-state index is 0.0383. The highest BCUT2D eigenvalue weighted by molar-refractivity contribution is 5.95. The predicted molar refractivity (Wildman–Crippen MR) is 94.5 cm³/mol. The first kappa shape index (κ1) is 19.9. The number of carbonyl (C=O) groups is 2. The monoisotopic (exact) mass is 377 g/mol. The molecule has 0 aliphatic rings. The molecular formula is C17H19N3O7. The number of nitrogens with one attached hydrogen (secondary N) is 2. The number of carboxylic acid groups (broad SMARTS) is 1. The lowest BCUT2D eigenvalue weighted by molar-refractivity contribution is -0.384. The highest BCUT2D eigenvalue weighted by Gasteiger charge is 2.23. The van der Waals surface area contributed by atoms with Gasteiger partial charge in [0.2, 0.25) is 5.91 Å². The third-order valence-electron chi connectivity index (χ3n) is 3.54. The molecule has 1 aromatic carbocycles. The number of hydrogen-bond donors (Lipinski definition) is 3. The third-order valence-corrected chi connectivity index (χ3v) is 3.54. The van der Waals surface area contributed by atoms with Gasteiger partial charge >= 0.3 is 5.97 Å². The number of amides is 1. The molecule has 0 saturated heterocycles. The minimum Gasteiger partial charge on any atom is -0.494 e. The third kappa shape index (κ3) is 5.82. The van der Waals surface area contributed by atoms with Gasteiger partial charge in [0.15, 0.2) is 0 Å². The molecule has 1 heterocycles. The first-order valence-corrected chi connectivity index (χ1v) is 8.10. The number of carboxylic acids is 1. The Morgan fingerprint density at radius 3 is 2.74 bits per heavy atom. The summed E-state index contributed by atoms with van der Waals surface area (Å²) in [5.74, 6) is -1.09. The van der Waals surface area contributed by atoms with Gasteiger partial charge in [0, 0.05) is 0 Å². The van der Waals surface area contributed by atoms with Gasteiger partial charge in [0.05, 0.1) is 36.8 Å². The van der Waals surface area contributed by atoms with Gasteiger partial charge in [-0.3, -0.25) is 25.0 Å². The molecule has 3 N–H and O–H groups in total. The summed E-state index contributed by atoms with van der Waals surface area (Å²) in [7, 11) is 0. The number of ether oxygens (including phenoxy) is 1.